The van der Waals surface area contributed by atoms with Crippen molar-refractivity contribution in [1.29, 1.82) is 0 Å². The van der Waals surface area contributed by atoms with Crippen LogP contribution in [0, 0.1) is 0 Å². The van der Waals surface area contributed by atoms with Gasteiger partial charge in [0.2, 0.25) is 5.91 Å². The Bertz CT molecular complexity index is 965. The summed E-state index contributed by atoms with van der Waals surface area (Å²) in [6, 6.07) is 14.4. The van der Waals surface area contributed by atoms with E-state index >= 15 is 0 Å². The minimum Gasteiger partial charge on any atom is -0.481 e. The minimum absolute atomic E-state index is 0.275. The molecule has 0 fully saturated rings. The second-order valence-electron chi connectivity index (χ2n) is 8.92. The lowest BCUT2D eigenvalue weighted by molar-refractivity contribution is -0.122. The van der Waals surface area contributed by atoms with E-state index in [0.29, 0.717) is 23.0 Å². The predicted octanol–water partition coefficient (Wildman–Crippen LogP) is 4.68. The number of alkyl carbamates (subject to hydrolysis) is 1. The summed E-state index contributed by atoms with van der Waals surface area (Å²) < 4.78 is 10.9. The smallest absolute Gasteiger partial charge is 0.408 e. The highest BCUT2D eigenvalue weighted by molar-refractivity contribution is 6.01. The number of carbonyl (C=O) groups excluding carboxylic acids is 3. The number of hydrogen-bond acceptors (Lipinski definition) is 5. The van der Waals surface area contributed by atoms with Gasteiger partial charge in [-0.15, -0.1) is 0 Å². The molecular formula is C25H33N3O5. The van der Waals surface area contributed by atoms with E-state index in [1.54, 1.807) is 52.0 Å². The second kappa shape index (κ2) is 11.4. The van der Waals surface area contributed by atoms with Gasteiger partial charge in [0.25, 0.3) is 5.91 Å². The Morgan fingerprint density at radius 2 is 1.45 bits per heavy atom. The average Bonchev–Trinajstić information content (AvgIpc) is 2.72. The van der Waals surface area contributed by atoms with Crippen molar-refractivity contribution in [3.8, 4) is 5.75 Å². The number of anilines is 2. The summed E-state index contributed by atoms with van der Waals surface area (Å²) in [5.74, 6) is 0.177. The van der Waals surface area contributed by atoms with Gasteiger partial charge in [-0.2, -0.15) is 0 Å². The molecule has 0 aliphatic rings. The average molecular weight is 456 g/mol. The van der Waals surface area contributed by atoms with Crippen LogP contribution < -0.4 is 20.7 Å². The first-order chi connectivity index (χ1) is 15.4. The van der Waals surface area contributed by atoms with Crippen LogP contribution in [0.4, 0.5) is 16.2 Å². The second-order valence-corrected chi connectivity index (χ2v) is 8.92. The molecule has 3 amide bonds. The Balaban J connectivity index is 1.93. The number of amides is 3. The fourth-order valence-electron chi connectivity index (χ4n) is 2.79. The van der Waals surface area contributed by atoms with E-state index in [2.05, 4.69) is 29.8 Å². The molecule has 1 unspecified atom stereocenters. The molecule has 0 saturated heterocycles. The van der Waals surface area contributed by atoms with Gasteiger partial charge >= 0.3 is 6.09 Å². The normalized spacial score (nSPS) is 12.0. The van der Waals surface area contributed by atoms with Crippen molar-refractivity contribution in [3.05, 3.63) is 54.1 Å². The maximum absolute atomic E-state index is 12.7. The van der Waals surface area contributed by atoms with Crippen LogP contribution in [-0.2, 0) is 14.3 Å². The maximum Gasteiger partial charge on any atom is 0.408 e. The van der Waals surface area contributed by atoms with Crippen molar-refractivity contribution in [1.82, 2.24) is 5.32 Å². The molecule has 0 aliphatic heterocycles. The fourth-order valence-corrected chi connectivity index (χ4v) is 2.79. The number of benzene rings is 2. The van der Waals surface area contributed by atoms with E-state index in [0.717, 1.165) is 0 Å². The van der Waals surface area contributed by atoms with E-state index in [-0.39, 0.29) is 12.5 Å². The highest BCUT2D eigenvalue weighted by Gasteiger charge is 2.19. The number of nitrogens with one attached hydrogen (secondary N) is 3. The molecule has 2 aromatic carbocycles. The third-order valence-corrected chi connectivity index (χ3v) is 4.48. The monoisotopic (exact) mass is 455 g/mol. The SMILES string of the molecule is CC(Oc1ccc(C(C)C)cc1)C(=O)Nc1ccccc1NC(=O)CNC(=O)OC(C)(C)C. The third-order valence-electron chi connectivity index (χ3n) is 4.48. The van der Waals surface area contributed by atoms with Gasteiger partial charge in [-0.3, -0.25) is 9.59 Å². The standard InChI is InChI=1S/C25H33N3O5/c1-16(2)18-11-13-19(14-12-18)32-17(3)23(30)28-21-10-8-7-9-20(21)27-22(29)15-26-24(31)33-25(4,5)6/h7-14,16-17H,15H2,1-6H3,(H,26,31)(H,27,29)(H,28,30). The summed E-state index contributed by atoms with van der Waals surface area (Å²) in [7, 11) is 0. The third kappa shape index (κ3) is 8.84. The Kier molecular flexibility index (Phi) is 8.85. The Labute approximate surface area is 195 Å². The van der Waals surface area contributed by atoms with Crippen LogP contribution in [-0.4, -0.2) is 36.2 Å². The van der Waals surface area contributed by atoms with Gasteiger partial charge < -0.3 is 25.4 Å². The topological polar surface area (TPSA) is 106 Å². The summed E-state index contributed by atoms with van der Waals surface area (Å²) in [4.78, 5) is 36.6. The molecule has 0 saturated carbocycles. The first kappa shape index (κ1) is 25.7. The van der Waals surface area contributed by atoms with Crippen molar-refractivity contribution < 1.29 is 23.9 Å². The number of ether oxygens (including phenoxy) is 2. The van der Waals surface area contributed by atoms with Crippen molar-refractivity contribution in [2.45, 2.75) is 59.2 Å². The van der Waals surface area contributed by atoms with Crippen LogP contribution in [0.3, 0.4) is 0 Å². The Morgan fingerprint density at radius 1 is 0.879 bits per heavy atom. The summed E-state index contributed by atoms with van der Waals surface area (Å²) in [6.45, 7) is 10.8. The highest BCUT2D eigenvalue weighted by Crippen LogP contribution is 2.23. The summed E-state index contributed by atoms with van der Waals surface area (Å²) in [5, 5.41) is 7.84. The minimum atomic E-state index is -0.757. The largest absolute Gasteiger partial charge is 0.481 e. The van der Waals surface area contributed by atoms with Crippen LogP contribution in [0.15, 0.2) is 48.5 Å². The van der Waals surface area contributed by atoms with E-state index in [1.165, 1.54) is 5.56 Å². The molecule has 0 radical (unpaired) electrons. The fraction of sp³-hybridized carbons (Fsp3) is 0.400. The number of rotatable bonds is 8. The van der Waals surface area contributed by atoms with Crippen molar-refractivity contribution >= 4 is 29.3 Å². The van der Waals surface area contributed by atoms with Crippen LogP contribution in [0.2, 0.25) is 0 Å². The van der Waals surface area contributed by atoms with Gasteiger partial charge in [0, 0.05) is 0 Å². The molecule has 3 N–H and O–H groups in total. The molecule has 0 aromatic heterocycles. The first-order valence-corrected chi connectivity index (χ1v) is 10.9. The van der Waals surface area contributed by atoms with Crippen LogP contribution >= 0.6 is 0 Å². The zero-order valence-corrected chi connectivity index (χ0v) is 20.0. The van der Waals surface area contributed by atoms with Gasteiger partial charge in [-0.25, -0.2) is 4.79 Å². The van der Waals surface area contributed by atoms with E-state index in [1.807, 2.05) is 24.3 Å². The molecule has 2 rings (SSSR count). The zero-order chi connectivity index (χ0) is 24.6. The molecule has 1 atom stereocenters. The molecule has 0 aliphatic carbocycles. The van der Waals surface area contributed by atoms with Gasteiger partial charge in [0.15, 0.2) is 6.10 Å². The van der Waals surface area contributed by atoms with Gasteiger partial charge in [0.1, 0.15) is 17.9 Å². The quantitative estimate of drug-likeness (QED) is 0.536. The molecule has 178 valence electrons. The lowest BCUT2D eigenvalue weighted by Gasteiger charge is -2.20. The van der Waals surface area contributed by atoms with Crippen LogP contribution in [0.25, 0.3) is 0 Å². The molecular weight excluding hydrogens is 422 g/mol. The van der Waals surface area contributed by atoms with Gasteiger partial charge in [0.05, 0.1) is 11.4 Å². The highest BCUT2D eigenvalue weighted by atomic mass is 16.6. The van der Waals surface area contributed by atoms with E-state index in [4.69, 9.17) is 9.47 Å². The molecule has 2 aromatic rings. The van der Waals surface area contributed by atoms with Gasteiger partial charge in [-0.05, 0) is 63.4 Å². The van der Waals surface area contributed by atoms with E-state index < -0.39 is 23.7 Å². The van der Waals surface area contributed by atoms with Crippen molar-refractivity contribution in [2.24, 2.45) is 0 Å². The zero-order valence-electron chi connectivity index (χ0n) is 20.0. The van der Waals surface area contributed by atoms with Crippen LogP contribution in [0.5, 0.6) is 5.75 Å². The predicted molar refractivity (Wildman–Crippen MR) is 129 cm³/mol. The van der Waals surface area contributed by atoms with Crippen molar-refractivity contribution in [3.63, 3.8) is 0 Å². The molecule has 0 spiro atoms. The number of carbonyl (C=O) groups is 3. The number of hydrogen-bond donors (Lipinski definition) is 3. The summed E-state index contributed by atoms with van der Waals surface area (Å²) in [6.07, 6.45) is -1.45. The molecule has 8 heteroatoms. The first-order valence-electron chi connectivity index (χ1n) is 10.9. The molecule has 0 heterocycles. The summed E-state index contributed by atoms with van der Waals surface area (Å²) in [5.41, 5.74) is 1.34. The lowest BCUT2D eigenvalue weighted by atomic mass is 10.0. The van der Waals surface area contributed by atoms with E-state index in [9.17, 15) is 14.4 Å². The Hall–Kier alpha value is -3.55. The maximum atomic E-state index is 12.7. The van der Waals surface area contributed by atoms with Crippen LogP contribution in [0.1, 0.15) is 53.0 Å². The molecule has 33 heavy (non-hydrogen) atoms. The number of para-hydroxylation sites is 2. The molecule has 0 bridgehead atoms. The van der Waals surface area contributed by atoms with Gasteiger partial charge in [-0.1, -0.05) is 38.1 Å². The van der Waals surface area contributed by atoms with Crippen molar-refractivity contribution in [2.75, 3.05) is 17.2 Å². The lowest BCUT2D eigenvalue weighted by Crippen LogP contribution is -2.37. The summed E-state index contributed by atoms with van der Waals surface area (Å²) >= 11 is 0. The molecule has 8 nitrogen and oxygen atoms in total. The Morgan fingerprint density at radius 3 is 2.00 bits per heavy atom.